The maximum atomic E-state index is 12.0. The minimum atomic E-state index is -2.07. The highest BCUT2D eigenvalue weighted by atomic mass is 28.4. The van der Waals surface area contributed by atoms with Crippen LogP contribution in [0.2, 0.25) is 16.6 Å². The first-order chi connectivity index (χ1) is 11.2. The van der Waals surface area contributed by atoms with Crippen LogP contribution in [-0.4, -0.2) is 43.5 Å². The van der Waals surface area contributed by atoms with Gasteiger partial charge in [0, 0.05) is 6.42 Å². The van der Waals surface area contributed by atoms with Gasteiger partial charge in [-0.15, -0.1) is 0 Å². The fourth-order valence-electron chi connectivity index (χ4n) is 3.67. The Bertz CT molecular complexity index is 416. The zero-order valence-electron chi connectivity index (χ0n) is 17.5. The number of hydrogen-bond donors (Lipinski definition) is 1. The fraction of sp³-hybridized carbons (Fsp3) is 0.895. The second-order valence-corrected chi connectivity index (χ2v) is 14.2. The van der Waals surface area contributed by atoms with Gasteiger partial charge in [0.05, 0.1) is 12.7 Å². The SMILES string of the molecule is CC(C)[Si](OC[C@H](O)CC(=O)CC(=O)OC(C)(C)C)(C(C)C)C(C)C. The molecule has 0 spiro atoms. The van der Waals surface area contributed by atoms with Crippen LogP contribution >= 0.6 is 0 Å². The van der Waals surface area contributed by atoms with E-state index in [1.54, 1.807) is 20.8 Å². The van der Waals surface area contributed by atoms with Crippen LogP contribution in [0.15, 0.2) is 0 Å². The summed E-state index contributed by atoms with van der Waals surface area (Å²) in [4.78, 5) is 23.7. The van der Waals surface area contributed by atoms with E-state index in [2.05, 4.69) is 41.5 Å². The third kappa shape index (κ3) is 8.01. The second kappa shape index (κ2) is 9.83. The first kappa shape index (κ1) is 24.3. The Labute approximate surface area is 154 Å². The highest BCUT2D eigenvalue weighted by Crippen LogP contribution is 2.42. The van der Waals surface area contributed by atoms with Gasteiger partial charge in [-0.2, -0.15) is 0 Å². The van der Waals surface area contributed by atoms with Crippen molar-refractivity contribution in [3.05, 3.63) is 0 Å². The molecule has 148 valence electrons. The van der Waals surface area contributed by atoms with E-state index in [9.17, 15) is 14.7 Å². The van der Waals surface area contributed by atoms with E-state index in [4.69, 9.17) is 9.16 Å². The van der Waals surface area contributed by atoms with Crippen LogP contribution in [0, 0.1) is 0 Å². The summed E-state index contributed by atoms with van der Waals surface area (Å²) >= 11 is 0. The van der Waals surface area contributed by atoms with Gasteiger partial charge in [0.15, 0.2) is 8.32 Å². The topological polar surface area (TPSA) is 72.8 Å². The molecule has 0 unspecified atom stereocenters. The molecule has 0 fully saturated rings. The number of aliphatic hydroxyl groups is 1. The van der Waals surface area contributed by atoms with Crippen LogP contribution in [0.1, 0.15) is 75.2 Å². The number of rotatable bonds is 10. The van der Waals surface area contributed by atoms with E-state index in [-0.39, 0.29) is 25.2 Å². The van der Waals surface area contributed by atoms with E-state index >= 15 is 0 Å². The van der Waals surface area contributed by atoms with Crippen molar-refractivity contribution in [1.29, 1.82) is 0 Å². The summed E-state index contributed by atoms with van der Waals surface area (Å²) in [6.07, 6.45) is -1.29. The molecule has 0 saturated carbocycles. The Kier molecular flexibility index (Phi) is 9.55. The molecule has 0 aromatic carbocycles. The Morgan fingerprint density at radius 3 is 1.76 bits per heavy atom. The van der Waals surface area contributed by atoms with Crippen molar-refractivity contribution < 1.29 is 23.9 Å². The monoisotopic (exact) mass is 374 g/mol. The molecule has 0 aliphatic carbocycles. The molecule has 0 aromatic rings. The van der Waals surface area contributed by atoms with E-state index in [0.29, 0.717) is 16.6 Å². The van der Waals surface area contributed by atoms with Crippen LogP contribution in [0.25, 0.3) is 0 Å². The number of carbonyl (C=O) groups excluding carboxylic acids is 2. The highest BCUT2D eigenvalue weighted by Gasteiger charge is 2.45. The van der Waals surface area contributed by atoms with Gasteiger partial charge in [-0.1, -0.05) is 41.5 Å². The van der Waals surface area contributed by atoms with Gasteiger partial charge in [-0.3, -0.25) is 9.59 Å². The Morgan fingerprint density at radius 1 is 0.960 bits per heavy atom. The summed E-state index contributed by atoms with van der Waals surface area (Å²) in [6.45, 7) is 18.4. The summed E-state index contributed by atoms with van der Waals surface area (Å²) in [7, 11) is -2.07. The highest BCUT2D eigenvalue weighted by molar-refractivity contribution is 6.77. The van der Waals surface area contributed by atoms with Crippen LogP contribution in [0.5, 0.6) is 0 Å². The maximum absolute atomic E-state index is 12.0. The van der Waals surface area contributed by atoms with Gasteiger partial charge in [0.25, 0.3) is 0 Å². The van der Waals surface area contributed by atoms with Gasteiger partial charge in [-0.05, 0) is 37.4 Å². The Balaban J connectivity index is 4.66. The van der Waals surface area contributed by atoms with Crippen LogP contribution < -0.4 is 0 Å². The zero-order chi connectivity index (χ0) is 20.0. The minimum absolute atomic E-state index is 0.0853. The van der Waals surface area contributed by atoms with Crippen LogP contribution in [-0.2, 0) is 18.8 Å². The van der Waals surface area contributed by atoms with Gasteiger partial charge in [0.2, 0.25) is 0 Å². The molecule has 0 saturated heterocycles. The third-order valence-electron chi connectivity index (χ3n) is 4.46. The maximum Gasteiger partial charge on any atom is 0.313 e. The van der Waals surface area contributed by atoms with Crippen molar-refractivity contribution in [2.75, 3.05) is 6.61 Å². The molecule has 6 heteroatoms. The predicted molar refractivity (Wildman–Crippen MR) is 103 cm³/mol. The van der Waals surface area contributed by atoms with Crippen molar-refractivity contribution in [3.63, 3.8) is 0 Å². The normalized spacial score (nSPS) is 14.3. The van der Waals surface area contributed by atoms with Crippen molar-refractivity contribution in [2.45, 2.75) is 103 Å². The third-order valence-corrected chi connectivity index (χ3v) is 10.5. The molecular formula is C19H38O5Si. The second-order valence-electron chi connectivity index (χ2n) is 8.79. The molecule has 0 rings (SSSR count). The van der Waals surface area contributed by atoms with Crippen molar-refractivity contribution in [1.82, 2.24) is 0 Å². The molecule has 1 N–H and O–H groups in total. The molecular weight excluding hydrogens is 336 g/mol. The van der Waals surface area contributed by atoms with Gasteiger partial charge in [0.1, 0.15) is 17.8 Å². The summed E-state index contributed by atoms with van der Waals surface area (Å²) in [5.74, 6) is -0.878. The molecule has 0 heterocycles. The number of hydrogen-bond acceptors (Lipinski definition) is 5. The standard InChI is InChI=1S/C19H38O5Si/c1-13(2)25(14(3)4,15(5)6)23-12-17(21)10-16(20)11-18(22)24-19(7,8)9/h13-15,17,21H,10-12H2,1-9H3/t17-/m1/s1. The molecule has 0 radical (unpaired) electrons. The molecule has 0 amide bonds. The van der Waals surface area contributed by atoms with E-state index in [1.165, 1.54) is 0 Å². The average Bonchev–Trinajstić information content (AvgIpc) is 2.34. The molecule has 0 aromatic heterocycles. The van der Waals surface area contributed by atoms with Gasteiger partial charge >= 0.3 is 5.97 Å². The van der Waals surface area contributed by atoms with E-state index in [0.717, 1.165) is 0 Å². The van der Waals surface area contributed by atoms with Crippen molar-refractivity contribution in [3.8, 4) is 0 Å². The van der Waals surface area contributed by atoms with E-state index in [1.807, 2.05) is 0 Å². The Hall–Kier alpha value is -0.723. The van der Waals surface area contributed by atoms with Gasteiger partial charge < -0.3 is 14.3 Å². The number of ether oxygens (including phenoxy) is 1. The first-order valence-corrected chi connectivity index (χ1v) is 11.4. The lowest BCUT2D eigenvalue weighted by Crippen LogP contribution is -2.49. The number of esters is 1. The number of ketones is 1. The summed E-state index contributed by atoms with van der Waals surface area (Å²) in [5, 5.41) is 10.2. The molecule has 25 heavy (non-hydrogen) atoms. The lowest BCUT2D eigenvalue weighted by Gasteiger charge is -2.42. The number of carbonyl (C=O) groups is 2. The quantitative estimate of drug-likeness (QED) is 0.352. The summed E-state index contributed by atoms with van der Waals surface area (Å²) < 4.78 is 11.4. The molecule has 0 aliphatic rings. The van der Waals surface area contributed by atoms with Crippen LogP contribution in [0.4, 0.5) is 0 Å². The number of Topliss-reactive ketones (excluding diaryl/α,β-unsaturated/α-hetero) is 1. The smallest absolute Gasteiger partial charge is 0.313 e. The van der Waals surface area contributed by atoms with Gasteiger partial charge in [-0.25, -0.2) is 0 Å². The van der Waals surface area contributed by atoms with E-state index < -0.39 is 26.0 Å². The lowest BCUT2D eigenvalue weighted by atomic mass is 10.1. The van der Waals surface area contributed by atoms with Crippen LogP contribution in [0.3, 0.4) is 0 Å². The molecule has 0 bridgehead atoms. The van der Waals surface area contributed by atoms with Crippen molar-refractivity contribution in [2.24, 2.45) is 0 Å². The molecule has 5 nitrogen and oxygen atoms in total. The first-order valence-electron chi connectivity index (χ1n) is 9.27. The lowest BCUT2D eigenvalue weighted by molar-refractivity contribution is -0.156. The number of aliphatic hydroxyl groups excluding tert-OH is 1. The molecule has 1 atom stereocenters. The predicted octanol–water partition coefficient (Wildman–Crippen LogP) is 4.23. The zero-order valence-corrected chi connectivity index (χ0v) is 18.5. The average molecular weight is 375 g/mol. The summed E-state index contributed by atoms with van der Waals surface area (Å²) in [6, 6.07) is 0. The molecule has 0 aliphatic heterocycles. The summed E-state index contributed by atoms with van der Waals surface area (Å²) in [5.41, 5.74) is 0.627. The fourth-order valence-corrected chi connectivity index (χ4v) is 9.15. The largest absolute Gasteiger partial charge is 0.460 e. The minimum Gasteiger partial charge on any atom is -0.460 e. The van der Waals surface area contributed by atoms with Crippen molar-refractivity contribution >= 4 is 20.1 Å². The Morgan fingerprint density at radius 2 is 1.40 bits per heavy atom.